The van der Waals surface area contributed by atoms with Gasteiger partial charge in [-0.05, 0) is 19.1 Å². The van der Waals surface area contributed by atoms with E-state index < -0.39 is 10.0 Å². The van der Waals surface area contributed by atoms with Crippen molar-refractivity contribution < 1.29 is 13.2 Å². The number of aryl methyl sites for hydroxylation is 1. The minimum atomic E-state index is -3.31. The van der Waals surface area contributed by atoms with Crippen molar-refractivity contribution in [2.75, 3.05) is 17.5 Å². The maximum atomic E-state index is 11.9. The standard InChI is InChI=1S/C14H17N3O3S2/c1-10-3-5-11(6-4-10)13(18)15-8-7-12-9-21-14(16-12)17-22(2,19)20/h3-6,9H,7-8H2,1-2H3,(H,15,18)(H,16,17). The second kappa shape index (κ2) is 6.89. The van der Waals surface area contributed by atoms with Crippen molar-refractivity contribution in [1.29, 1.82) is 0 Å². The Labute approximate surface area is 133 Å². The van der Waals surface area contributed by atoms with E-state index in [1.165, 1.54) is 11.3 Å². The first-order valence-electron chi connectivity index (χ1n) is 6.60. The van der Waals surface area contributed by atoms with Gasteiger partial charge in [-0.3, -0.25) is 9.52 Å². The second-order valence-electron chi connectivity index (χ2n) is 4.89. The van der Waals surface area contributed by atoms with Crippen molar-refractivity contribution in [3.8, 4) is 0 Å². The van der Waals surface area contributed by atoms with Crippen LogP contribution < -0.4 is 10.0 Å². The van der Waals surface area contributed by atoms with Crippen LogP contribution in [0, 0.1) is 6.92 Å². The van der Waals surface area contributed by atoms with Crippen LogP contribution in [0.25, 0.3) is 0 Å². The van der Waals surface area contributed by atoms with Gasteiger partial charge in [0.1, 0.15) is 0 Å². The van der Waals surface area contributed by atoms with Gasteiger partial charge in [0, 0.05) is 23.9 Å². The molecule has 0 spiro atoms. The van der Waals surface area contributed by atoms with Gasteiger partial charge >= 0.3 is 0 Å². The molecule has 118 valence electrons. The van der Waals surface area contributed by atoms with Gasteiger partial charge in [0.05, 0.1) is 11.9 Å². The van der Waals surface area contributed by atoms with Crippen LogP contribution in [0.15, 0.2) is 29.6 Å². The number of benzene rings is 1. The third-order valence-corrected chi connectivity index (χ3v) is 4.30. The number of carbonyl (C=O) groups is 1. The van der Waals surface area contributed by atoms with Crippen molar-refractivity contribution in [2.24, 2.45) is 0 Å². The van der Waals surface area contributed by atoms with Gasteiger partial charge in [0.2, 0.25) is 10.0 Å². The van der Waals surface area contributed by atoms with Gasteiger partial charge in [-0.15, -0.1) is 11.3 Å². The van der Waals surface area contributed by atoms with E-state index in [4.69, 9.17) is 0 Å². The van der Waals surface area contributed by atoms with E-state index in [0.29, 0.717) is 23.7 Å². The number of amides is 1. The minimum Gasteiger partial charge on any atom is -0.352 e. The Balaban J connectivity index is 1.83. The topological polar surface area (TPSA) is 88.2 Å². The number of anilines is 1. The molecule has 0 radical (unpaired) electrons. The number of hydrogen-bond acceptors (Lipinski definition) is 5. The molecule has 1 aromatic heterocycles. The highest BCUT2D eigenvalue weighted by molar-refractivity contribution is 7.92. The molecule has 0 unspecified atom stereocenters. The lowest BCUT2D eigenvalue weighted by atomic mass is 10.1. The predicted octanol–water partition coefficient (Wildman–Crippen LogP) is 1.80. The van der Waals surface area contributed by atoms with E-state index in [0.717, 1.165) is 17.5 Å². The van der Waals surface area contributed by atoms with Crippen molar-refractivity contribution >= 4 is 32.4 Å². The molecule has 2 rings (SSSR count). The molecular formula is C14H17N3O3S2. The van der Waals surface area contributed by atoms with Crippen molar-refractivity contribution in [3.05, 3.63) is 46.5 Å². The van der Waals surface area contributed by atoms with Crippen molar-refractivity contribution in [2.45, 2.75) is 13.3 Å². The Bertz CT molecular complexity index is 752. The molecular weight excluding hydrogens is 322 g/mol. The predicted molar refractivity (Wildman–Crippen MR) is 87.8 cm³/mol. The molecule has 22 heavy (non-hydrogen) atoms. The van der Waals surface area contributed by atoms with Crippen molar-refractivity contribution in [3.63, 3.8) is 0 Å². The van der Waals surface area contributed by atoms with Crippen LogP contribution in [-0.2, 0) is 16.4 Å². The van der Waals surface area contributed by atoms with Crippen LogP contribution >= 0.6 is 11.3 Å². The van der Waals surface area contributed by atoms with Gasteiger partial charge in [-0.2, -0.15) is 0 Å². The molecule has 1 amide bonds. The highest BCUT2D eigenvalue weighted by Crippen LogP contribution is 2.16. The quantitative estimate of drug-likeness (QED) is 0.840. The number of carbonyl (C=O) groups excluding carboxylic acids is 1. The summed E-state index contributed by atoms with van der Waals surface area (Å²) in [5.41, 5.74) is 2.45. The Kier molecular flexibility index (Phi) is 5.15. The number of hydrogen-bond donors (Lipinski definition) is 2. The molecule has 2 aromatic rings. The first-order valence-corrected chi connectivity index (χ1v) is 9.38. The van der Waals surface area contributed by atoms with E-state index in [2.05, 4.69) is 15.0 Å². The largest absolute Gasteiger partial charge is 0.352 e. The molecule has 0 fully saturated rings. The number of aromatic nitrogens is 1. The zero-order valence-corrected chi connectivity index (χ0v) is 13.9. The molecule has 8 heteroatoms. The fourth-order valence-electron chi connectivity index (χ4n) is 1.74. The molecule has 1 heterocycles. The summed E-state index contributed by atoms with van der Waals surface area (Å²) in [4.78, 5) is 16.1. The number of sulfonamides is 1. The Morgan fingerprint density at radius 1 is 1.27 bits per heavy atom. The summed E-state index contributed by atoms with van der Waals surface area (Å²) in [7, 11) is -3.31. The zero-order chi connectivity index (χ0) is 16.2. The number of nitrogens with zero attached hydrogens (tertiary/aromatic N) is 1. The van der Waals surface area contributed by atoms with E-state index in [9.17, 15) is 13.2 Å². The van der Waals surface area contributed by atoms with Gasteiger partial charge in [-0.25, -0.2) is 13.4 Å². The van der Waals surface area contributed by atoms with Crippen LogP contribution in [0.4, 0.5) is 5.13 Å². The van der Waals surface area contributed by atoms with Crippen molar-refractivity contribution in [1.82, 2.24) is 10.3 Å². The maximum Gasteiger partial charge on any atom is 0.251 e. The molecule has 0 aliphatic rings. The van der Waals surface area contributed by atoms with Gasteiger partial charge in [0.15, 0.2) is 5.13 Å². The summed E-state index contributed by atoms with van der Waals surface area (Å²) >= 11 is 1.22. The highest BCUT2D eigenvalue weighted by atomic mass is 32.2. The summed E-state index contributed by atoms with van der Waals surface area (Å²) in [6.07, 6.45) is 1.62. The summed E-state index contributed by atoms with van der Waals surface area (Å²) in [5.74, 6) is -0.135. The molecule has 1 aromatic carbocycles. The molecule has 0 saturated carbocycles. The maximum absolute atomic E-state index is 11.9. The molecule has 0 aliphatic heterocycles. The van der Waals surface area contributed by atoms with Crippen LogP contribution in [0.1, 0.15) is 21.6 Å². The third-order valence-electron chi connectivity index (χ3n) is 2.80. The smallest absolute Gasteiger partial charge is 0.251 e. The molecule has 0 atom stereocenters. The van der Waals surface area contributed by atoms with E-state index >= 15 is 0 Å². The monoisotopic (exact) mass is 339 g/mol. The second-order valence-corrected chi connectivity index (χ2v) is 7.50. The first kappa shape index (κ1) is 16.4. The highest BCUT2D eigenvalue weighted by Gasteiger charge is 2.08. The molecule has 0 saturated heterocycles. The Morgan fingerprint density at radius 3 is 2.59 bits per heavy atom. The van der Waals surface area contributed by atoms with Crippen LogP contribution in [0.2, 0.25) is 0 Å². The summed E-state index contributed by atoms with van der Waals surface area (Å²) in [6, 6.07) is 7.33. The van der Waals surface area contributed by atoms with E-state index in [1.807, 2.05) is 19.1 Å². The molecule has 2 N–H and O–H groups in total. The SMILES string of the molecule is Cc1ccc(C(=O)NCCc2csc(NS(C)(=O)=O)n2)cc1. The number of thiazole rings is 1. The number of rotatable bonds is 6. The fourth-order valence-corrected chi connectivity index (χ4v) is 3.34. The first-order chi connectivity index (χ1) is 10.3. The Hall–Kier alpha value is -1.93. The van der Waals surface area contributed by atoms with E-state index in [-0.39, 0.29) is 5.91 Å². The normalized spacial score (nSPS) is 11.2. The average molecular weight is 339 g/mol. The van der Waals surface area contributed by atoms with Crippen LogP contribution in [-0.4, -0.2) is 32.1 Å². The molecule has 0 aliphatic carbocycles. The average Bonchev–Trinajstić information content (AvgIpc) is 2.84. The van der Waals surface area contributed by atoms with Crippen LogP contribution in [0.5, 0.6) is 0 Å². The summed E-state index contributed by atoms with van der Waals surface area (Å²) in [6.45, 7) is 2.40. The lowest BCUT2D eigenvalue weighted by Gasteiger charge is -2.04. The third kappa shape index (κ3) is 5.12. The van der Waals surface area contributed by atoms with Gasteiger partial charge < -0.3 is 5.32 Å². The molecule has 0 bridgehead atoms. The summed E-state index contributed by atoms with van der Waals surface area (Å²) in [5, 5.41) is 4.92. The molecule has 6 nitrogen and oxygen atoms in total. The van der Waals surface area contributed by atoms with Crippen LogP contribution in [0.3, 0.4) is 0 Å². The van der Waals surface area contributed by atoms with Gasteiger partial charge in [0.25, 0.3) is 5.91 Å². The number of nitrogens with one attached hydrogen (secondary N) is 2. The lowest BCUT2D eigenvalue weighted by molar-refractivity contribution is 0.0954. The zero-order valence-electron chi connectivity index (χ0n) is 12.3. The lowest BCUT2D eigenvalue weighted by Crippen LogP contribution is -2.25. The van der Waals surface area contributed by atoms with E-state index in [1.54, 1.807) is 17.5 Å². The van der Waals surface area contributed by atoms with Gasteiger partial charge in [-0.1, -0.05) is 17.7 Å². The minimum absolute atomic E-state index is 0.135. The Morgan fingerprint density at radius 2 is 1.95 bits per heavy atom. The summed E-state index contributed by atoms with van der Waals surface area (Å²) < 4.78 is 24.5. The fraction of sp³-hybridized carbons (Fsp3) is 0.286.